The lowest BCUT2D eigenvalue weighted by Gasteiger charge is -2.20. The van der Waals surface area contributed by atoms with Gasteiger partial charge in [-0.25, -0.2) is 8.42 Å². The van der Waals surface area contributed by atoms with Gasteiger partial charge in [-0.05, 0) is 48.9 Å². The van der Waals surface area contributed by atoms with Crippen molar-refractivity contribution in [1.82, 2.24) is 4.72 Å². The maximum absolute atomic E-state index is 12.7. The first-order valence-corrected chi connectivity index (χ1v) is 9.27. The molecule has 0 saturated heterocycles. The number of sulfonamides is 1. The molecule has 0 unspecified atom stereocenters. The summed E-state index contributed by atoms with van der Waals surface area (Å²) in [6.07, 6.45) is 0. The van der Waals surface area contributed by atoms with E-state index in [9.17, 15) is 13.2 Å². The van der Waals surface area contributed by atoms with Gasteiger partial charge in [-0.3, -0.25) is 4.79 Å². The third-order valence-corrected chi connectivity index (χ3v) is 5.33. The maximum Gasteiger partial charge on any atom is 0.241 e. The summed E-state index contributed by atoms with van der Waals surface area (Å²) in [6, 6.07) is 11.8. The minimum atomic E-state index is -3.88. The van der Waals surface area contributed by atoms with Crippen LogP contribution in [0.5, 0.6) is 11.5 Å². The van der Waals surface area contributed by atoms with Crippen molar-refractivity contribution in [2.75, 3.05) is 14.2 Å². The number of ketones is 1. The molecule has 138 valence electrons. The second-order valence-electron chi connectivity index (χ2n) is 5.58. The Kier molecular flexibility index (Phi) is 6.18. The number of carbonyl (C=O) groups excluding carboxylic acids is 1. The summed E-state index contributed by atoms with van der Waals surface area (Å²) in [5.41, 5.74) is 0.732. The summed E-state index contributed by atoms with van der Waals surface area (Å²) in [6.45, 7) is 5.10. The second-order valence-corrected chi connectivity index (χ2v) is 7.30. The molecule has 0 aliphatic heterocycles. The summed E-state index contributed by atoms with van der Waals surface area (Å²) in [5, 5.41) is 0. The Morgan fingerprint density at radius 3 is 1.85 bits per heavy atom. The average Bonchev–Trinajstić information content (AvgIpc) is 2.65. The van der Waals surface area contributed by atoms with Crippen molar-refractivity contribution >= 4 is 15.8 Å². The summed E-state index contributed by atoms with van der Waals surface area (Å²) in [5.74, 6) is 0.867. The highest BCUT2D eigenvalue weighted by atomic mass is 32.2. The number of hydrogen-bond donors (Lipinski definition) is 1. The fourth-order valence-electron chi connectivity index (χ4n) is 2.32. The first-order chi connectivity index (χ1) is 12.3. The molecule has 1 atom stereocenters. The van der Waals surface area contributed by atoms with Crippen molar-refractivity contribution in [1.29, 1.82) is 0 Å². The molecule has 2 rings (SSSR count). The topological polar surface area (TPSA) is 81.7 Å². The molecule has 0 aliphatic carbocycles. The number of benzene rings is 2. The molecule has 0 aromatic heterocycles. The van der Waals surface area contributed by atoms with Gasteiger partial charge in [0.25, 0.3) is 0 Å². The maximum atomic E-state index is 12.7. The molecule has 0 heterocycles. The number of carbonyl (C=O) groups is 1. The van der Waals surface area contributed by atoms with Crippen LogP contribution >= 0.6 is 0 Å². The van der Waals surface area contributed by atoms with Crippen LogP contribution < -0.4 is 14.2 Å². The molecule has 0 saturated carbocycles. The molecule has 0 spiro atoms. The standard InChI is InChI=1S/C19H21NO5S/c1-13(14(2)21)19(15-5-7-16(24-3)8-6-15)20-26(22,23)18-11-9-17(25-4)10-12-18/h5-12,19-20H,1H2,2-4H3/t19-/m1/s1. The van der Waals surface area contributed by atoms with Crippen LogP contribution in [-0.2, 0) is 14.8 Å². The van der Waals surface area contributed by atoms with E-state index in [0.717, 1.165) is 0 Å². The second kappa shape index (κ2) is 8.16. The van der Waals surface area contributed by atoms with Crippen molar-refractivity contribution in [2.45, 2.75) is 17.9 Å². The highest BCUT2D eigenvalue weighted by molar-refractivity contribution is 7.89. The van der Waals surface area contributed by atoms with Crippen molar-refractivity contribution in [2.24, 2.45) is 0 Å². The average molecular weight is 375 g/mol. The van der Waals surface area contributed by atoms with Crippen molar-refractivity contribution in [3.8, 4) is 11.5 Å². The molecule has 7 heteroatoms. The monoisotopic (exact) mass is 375 g/mol. The van der Waals surface area contributed by atoms with Gasteiger partial charge < -0.3 is 9.47 Å². The van der Waals surface area contributed by atoms with Gasteiger partial charge in [0.15, 0.2) is 5.78 Å². The third-order valence-electron chi connectivity index (χ3n) is 3.89. The lowest BCUT2D eigenvalue weighted by Crippen LogP contribution is -2.31. The zero-order valence-electron chi connectivity index (χ0n) is 14.9. The molecule has 6 nitrogen and oxygen atoms in total. The van der Waals surface area contributed by atoms with Gasteiger partial charge in [0.05, 0.1) is 25.2 Å². The molecule has 0 aliphatic rings. The van der Waals surface area contributed by atoms with Gasteiger partial charge in [0.1, 0.15) is 11.5 Å². The predicted molar refractivity (Wildman–Crippen MR) is 98.9 cm³/mol. The minimum Gasteiger partial charge on any atom is -0.497 e. The van der Waals surface area contributed by atoms with Crippen LogP contribution in [0.15, 0.2) is 65.6 Å². The highest BCUT2D eigenvalue weighted by Crippen LogP contribution is 2.26. The van der Waals surface area contributed by atoms with Crippen molar-refractivity contribution in [3.63, 3.8) is 0 Å². The van der Waals surface area contributed by atoms with Gasteiger partial charge in [-0.15, -0.1) is 0 Å². The van der Waals surface area contributed by atoms with E-state index >= 15 is 0 Å². The molecule has 1 N–H and O–H groups in total. The normalized spacial score (nSPS) is 12.3. The largest absolute Gasteiger partial charge is 0.497 e. The molecular formula is C19H21NO5S. The summed E-state index contributed by atoms with van der Waals surface area (Å²) in [4.78, 5) is 11.9. The van der Waals surface area contributed by atoms with Crippen LogP contribution in [0.4, 0.5) is 0 Å². The van der Waals surface area contributed by atoms with E-state index in [1.165, 1.54) is 33.3 Å². The number of nitrogens with one attached hydrogen (secondary N) is 1. The van der Waals surface area contributed by atoms with E-state index in [4.69, 9.17) is 9.47 Å². The van der Waals surface area contributed by atoms with Crippen LogP contribution in [0.1, 0.15) is 18.5 Å². The van der Waals surface area contributed by atoms with Crippen LogP contribution in [0.3, 0.4) is 0 Å². The first kappa shape index (κ1) is 19.7. The minimum absolute atomic E-state index is 0.0631. The SMILES string of the molecule is C=C(C(C)=O)[C@@H](NS(=O)(=O)c1ccc(OC)cc1)c1ccc(OC)cc1. The van der Waals surface area contributed by atoms with Crippen molar-refractivity contribution < 1.29 is 22.7 Å². The molecule has 0 radical (unpaired) electrons. The number of Topliss-reactive ketones (excluding diaryl/α,β-unsaturated/α-hetero) is 1. The van der Waals surface area contributed by atoms with E-state index in [0.29, 0.717) is 17.1 Å². The number of rotatable bonds is 8. The Labute approximate surface area is 153 Å². The van der Waals surface area contributed by atoms with Gasteiger partial charge in [0, 0.05) is 5.57 Å². The molecule has 0 amide bonds. The Morgan fingerprint density at radius 1 is 0.962 bits per heavy atom. The molecular weight excluding hydrogens is 354 g/mol. The summed E-state index contributed by atoms with van der Waals surface area (Å²) in [7, 11) is -0.843. The molecule has 0 bridgehead atoms. The predicted octanol–water partition coefficient (Wildman–Crippen LogP) is 2.87. The first-order valence-electron chi connectivity index (χ1n) is 7.78. The summed E-state index contributed by atoms with van der Waals surface area (Å²) < 4.78 is 38.2. The zero-order chi connectivity index (χ0) is 19.3. The van der Waals surface area contributed by atoms with E-state index in [2.05, 4.69) is 11.3 Å². The van der Waals surface area contributed by atoms with E-state index in [1.807, 2.05) is 0 Å². The Bertz CT molecular complexity index is 887. The van der Waals surface area contributed by atoms with Crippen LogP contribution in [0.25, 0.3) is 0 Å². The lowest BCUT2D eigenvalue weighted by molar-refractivity contribution is -0.113. The zero-order valence-corrected chi connectivity index (χ0v) is 15.7. The molecule has 26 heavy (non-hydrogen) atoms. The van der Waals surface area contributed by atoms with Gasteiger partial charge in [-0.1, -0.05) is 18.7 Å². The van der Waals surface area contributed by atoms with Gasteiger partial charge >= 0.3 is 0 Å². The van der Waals surface area contributed by atoms with Crippen LogP contribution in [0, 0.1) is 0 Å². The number of hydrogen-bond acceptors (Lipinski definition) is 5. The van der Waals surface area contributed by atoms with E-state index in [-0.39, 0.29) is 16.3 Å². The molecule has 0 fully saturated rings. The van der Waals surface area contributed by atoms with Crippen LogP contribution in [0.2, 0.25) is 0 Å². The molecule has 2 aromatic rings. The quantitative estimate of drug-likeness (QED) is 0.718. The van der Waals surface area contributed by atoms with Gasteiger partial charge in [-0.2, -0.15) is 4.72 Å². The highest BCUT2D eigenvalue weighted by Gasteiger charge is 2.25. The summed E-state index contributed by atoms with van der Waals surface area (Å²) >= 11 is 0. The van der Waals surface area contributed by atoms with Crippen molar-refractivity contribution in [3.05, 3.63) is 66.2 Å². The fourth-order valence-corrected chi connectivity index (χ4v) is 3.54. The smallest absolute Gasteiger partial charge is 0.241 e. The Morgan fingerprint density at radius 2 is 1.42 bits per heavy atom. The fraction of sp³-hybridized carbons (Fsp3) is 0.211. The number of ether oxygens (including phenoxy) is 2. The van der Waals surface area contributed by atoms with E-state index in [1.54, 1.807) is 36.4 Å². The lowest BCUT2D eigenvalue weighted by atomic mass is 9.98. The molecule has 2 aromatic carbocycles. The third kappa shape index (κ3) is 4.50. The number of methoxy groups -OCH3 is 2. The van der Waals surface area contributed by atoms with Gasteiger partial charge in [0.2, 0.25) is 10.0 Å². The Hall–Kier alpha value is -2.64. The Balaban J connectivity index is 2.38. The van der Waals surface area contributed by atoms with Crippen LogP contribution in [-0.4, -0.2) is 28.4 Å². The van der Waals surface area contributed by atoms with E-state index < -0.39 is 16.1 Å².